The summed E-state index contributed by atoms with van der Waals surface area (Å²) in [4.78, 5) is 2.61. The third-order valence-corrected chi connectivity index (χ3v) is 4.17. The van der Waals surface area contributed by atoms with E-state index in [2.05, 4.69) is 31.0 Å². The Bertz CT molecular complexity index is 236. The van der Waals surface area contributed by atoms with Gasteiger partial charge in [0, 0.05) is 32.3 Å². The van der Waals surface area contributed by atoms with Crippen LogP contribution in [0.5, 0.6) is 0 Å². The molecule has 0 spiro atoms. The van der Waals surface area contributed by atoms with Crippen molar-refractivity contribution in [3.63, 3.8) is 0 Å². The summed E-state index contributed by atoms with van der Waals surface area (Å²) in [5.74, 6) is 0. The van der Waals surface area contributed by atoms with Gasteiger partial charge in [0.25, 0.3) is 0 Å². The molecular weight excluding hydrogens is 212 g/mol. The lowest BCUT2D eigenvalue weighted by Gasteiger charge is -2.26. The first-order valence-electron chi connectivity index (χ1n) is 7.13. The van der Waals surface area contributed by atoms with Gasteiger partial charge in [0.1, 0.15) is 0 Å². The van der Waals surface area contributed by atoms with Crippen molar-refractivity contribution in [2.45, 2.75) is 52.2 Å². The molecule has 0 radical (unpaired) electrons. The first-order valence-corrected chi connectivity index (χ1v) is 7.13. The summed E-state index contributed by atoms with van der Waals surface area (Å²) in [5, 5.41) is 3.56. The monoisotopic (exact) mass is 240 g/mol. The van der Waals surface area contributed by atoms with Gasteiger partial charge in [-0.1, -0.05) is 13.8 Å². The van der Waals surface area contributed by atoms with Crippen LogP contribution in [0.2, 0.25) is 0 Å². The van der Waals surface area contributed by atoms with Crippen molar-refractivity contribution in [3.8, 4) is 0 Å². The molecule has 17 heavy (non-hydrogen) atoms. The van der Waals surface area contributed by atoms with Crippen molar-refractivity contribution in [2.24, 2.45) is 5.41 Å². The summed E-state index contributed by atoms with van der Waals surface area (Å²) in [5.41, 5.74) is 0.517. The third kappa shape index (κ3) is 3.94. The molecule has 2 saturated heterocycles. The summed E-state index contributed by atoms with van der Waals surface area (Å²) < 4.78 is 5.62. The number of ether oxygens (including phenoxy) is 1. The van der Waals surface area contributed by atoms with Crippen LogP contribution in [-0.2, 0) is 4.74 Å². The second kappa shape index (κ2) is 5.68. The molecule has 2 heterocycles. The molecule has 3 heteroatoms. The smallest absolute Gasteiger partial charge is 0.0700 e. The van der Waals surface area contributed by atoms with Gasteiger partial charge in [-0.2, -0.15) is 0 Å². The summed E-state index contributed by atoms with van der Waals surface area (Å²) in [6, 6.07) is 0.651. The number of rotatable bonds is 5. The normalized spacial score (nSPS) is 30.9. The Labute approximate surface area is 106 Å². The van der Waals surface area contributed by atoms with Crippen LogP contribution in [0.15, 0.2) is 0 Å². The van der Waals surface area contributed by atoms with Gasteiger partial charge in [-0.15, -0.1) is 0 Å². The average molecular weight is 240 g/mol. The Morgan fingerprint density at radius 3 is 2.88 bits per heavy atom. The fourth-order valence-corrected chi connectivity index (χ4v) is 2.92. The minimum atomic E-state index is 0.470. The van der Waals surface area contributed by atoms with E-state index in [1.165, 1.54) is 32.4 Å². The molecule has 0 amide bonds. The third-order valence-electron chi connectivity index (χ3n) is 4.17. The highest BCUT2D eigenvalue weighted by Gasteiger charge is 2.31. The minimum absolute atomic E-state index is 0.470. The Balaban J connectivity index is 1.62. The van der Waals surface area contributed by atoms with Gasteiger partial charge in [0.15, 0.2) is 0 Å². The van der Waals surface area contributed by atoms with E-state index in [1.54, 1.807) is 0 Å². The number of nitrogens with zero attached hydrogens (tertiary/aromatic N) is 1. The zero-order valence-electron chi connectivity index (χ0n) is 11.7. The van der Waals surface area contributed by atoms with Crippen LogP contribution in [0.1, 0.15) is 40.0 Å². The van der Waals surface area contributed by atoms with Crippen molar-refractivity contribution in [3.05, 3.63) is 0 Å². The number of likely N-dealkylation sites (tertiary alicyclic amines) is 1. The van der Waals surface area contributed by atoms with E-state index >= 15 is 0 Å². The highest BCUT2D eigenvalue weighted by molar-refractivity contribution is 4.86. The standard InChI is InChI=1S/C14H28N2O/c1-12(16-7-6-14(2,3)11-16)9-15-10-13-5-4-8-17-13/h12-13,15H,4-11H2,1-3H3. The van der Waals surface area contributed by atoms with Gasteiger partial charge in [0.05, 0.1) is 6.10 Å². The molecule has 2 unspecified atom stereocenters. The average Bonchev–Trinajstić information content (AvgIpc) is 2.87. The summed E-state index contributed by atoms with van der Waals surface area (Å²) in [6.45, 7) is 12.7. The van der Waals surface area contributed by atoms with E-state index in [9.17, 15) is 0 Å². The molecule has 0 aliphatic carbocycles. The Morgan fingerprint density at radius 1 is 1.47 bits per heavy atom. The number of hydrogen-bond donors (Lipinski definition) is 1. The van der Waals surface area contributed by atoms with E-state index in [4.69, 9.17) is 4.74 Å². The molecule has 0 aromatic rings. The molecule has 0 saturated carbocycles. The quantitative estimate of drug-likeness (QED) is 0.794. The maximum absolute atomic E-state index is 5.62. The van der Waals surface area contributed by atoms with Crippen molar-refractivity contribution < 1.29 is 4.74 Å². The predicted molar refractivity (Wildman–Crippen MR) is 71.3 cm³/mol. The van der Waals surface area contributed by atoms with Crippen molar-refractivity contribution >= 4 is 0 Å². The fraction of sp³-hybridized carbons (Fsp3) is 1.00. The molecule has 2 rings (SSSR count). The van der Waals surface area contributed by atoms with Crippen LogP contribution >= 0.6 is 0 Å². The zero-order chi connectivity index (χ0) is 12.3. The zero-order valence-corrected chi connectivity index (χ0v) is 11.7. The van der Waals surface area contributed by atoms with Crippen LogP contribution in [-0.4, -0.2) is 49.8 Å². The molecule has 2 aliphatic rings. The Hall–Kier alpha value is -0.120. The van der Waals surface area contributed by atoms with Gasteiger partial charge in [-0.25, -0.2) is 0 Å². The number of nitrogens with one attached hydrogen (secondary N) is 1. The molecule has 2 atom stereocenters. The van der Waals surface area contributed by atoms with E-state index in [-0.39, 0.29) is 0 Å². The van der Waals surface area contributed by atoms with E-state index < -0.39 is 0 Å². The van der Waals surface area contributed by atoms with E-state index in [0.717, 1.165) is 19.7 Å². The molecule has 0 aromatic carbocycles. The molecule has 2 aliphatic heterocycles. The summed E-state index contributed by atoms with van der Waals surface area (Å²) in [6.07, 6.45) is 4.28. The second-order valence-corrected chi connectivity index (χ2v) is 6.53. The van der Waals surface area contributed by atoms with Gasteiger partial charge in [-0.05, 0) is 38.1 Å². The van der Waals surface area contributed by atoms with Crippen molar-refractivity contribution in [2.75, 3.05) is 32.8 Å². The molecular formula is C14H28N2O. The fourth-order valence-electron chi connectivity index (χ4n) is 2.92. The van der Waals surface area contributed by atoms with Crippen LogP contribution < -0.4 is 5.32 Å². The molecule has 1 N–H and O–H groups in total. The second-order valence-electron chi connectivity index (χ2n) is 6.53. The molecule has 0 aromatic heterocycles. The van der Waals surface area contributed by atoms with Crippen molar-refractivity contribution in [1.82, 2.24) is 10.2 Å². The van der Waals surface area contributed by atoms with E-state index in [0.29, 0.717) is 17.6 Å². The highest BCUT2D eigenvalue weighted by Crippen LogP contribution is 2.29. The molecule has 0 bridgehead atoms. The summed E-state index contributed by atoms with van der Waals surface area (Å²) in [7, 11) is 0. The first-order chi connectivity index (χ1) is 8.07. The van der Waals surface area contributed by atoms with Crippen LogP contribution in [0.3, 0.4) is 0 Å². The lowest BCUT2D eigenvalue weighted by molar-refractivity contribution is 0.107. The largest absolute Gasteiger partial charge is 0.377 e. The molecule has 100 valence electrons. The molecule has 2 fully saturated rings. The van der Waals surface area contributed by atoms with Crippen LogP contribution in [0.25, 0.3) is 0 Å². The maximum atomic E-state index is 5.62. The van der Waals surface area contributed by atoms with Gasteiger partial charge in [0.2, 0.25) is 0 Å². The van der Waals surface area contributed by atoms with Crippen LogP contribution in [0, 0.1) is 5.41 Å². The van der Waals surface area contributed by atoms with Gasteiger partial charge in [-0.3, -0.25) is 4.90 Å². The maximum Gasteiger partial charge on any atom is 0.0700 e. The van der Waals surface area contributed by atoms with E-state index in [1.807, 2.05) is 0 Å². The SMILES string of the molecule is CC(CNCC1CCCO1)N1CCC(C)(C)C1. The van der Waals surface area contributed by atoms with Crippen LogP contribution in [0.4, 0.5) is 0 Å². The topological polar surface area (TPSA) is 24.5 Å². The molecule has 3 nitrogen and oxygen atoms in total. The number of hydrogen-bond acceptors (Lipinski definition) is 3. The van der Waals surface area contributed by atoms with Gasteiger partial charge >= 0.3 is 0 Å². The van der Waals surface area contributed by atoms with Crippen molar-refractivity contribution in [1.29, 1.82) is 0 Å². The predicted octanol–water partition coefficient (Wildman–Crippen LogP) is 1.88. The minimum Gasteiger partial charge on any atom is -0.377 e. The first kappa shape index (κ1) is 13.3. The Kier molecular flexibility index (Phi) is 4.45. The Morgan fingerprint density at radius 2 is 2.29 bits per heavy atom. The summed E-state index contributed by atoms with van der Waals surface area (Å²) >= 11 is 0. The lowest BCUT2D eigenvalue weighted by atomic mass is 9.93. The van der Waals surface area contributed by atoms with Gasteiger partial charge < -0.3 is 10.1 Å². The lowest BCUT2D eigenvalue weighted by Crippen LogP contribution is -2.41. The highest BCUT2D eigenvalue weighted by atomic mass is 16.5.